The number of sulfonamides is 1. The van der Waals surface area contributed by atoms with E-state index in [0.717, 1.165) is 10.4 Å². The fourth-order valence-corrected chi connectivity index (χ4v) is 4.09. The van der Waals surface area contributed by atoms with Crippen LogP contribution in [0.3, 0.4) is 0 Å². The number of carbonyl (C=O) groups is 2. The van der Waals surface area contributed by atoms with Gasteiger partial charge in [-0.1, -0.05) is 23.7 Å². The molecular weight excluding hydrogens is 444 g/mol. The minimum absolute atomic E-state index is 0.000115. The lowest BCUT2D eigenvalue weighted by Gasteiger charge is -2.22. The van der Waals surface area contributed by atoms with Crippen LogP contribution in [-0.4, -0.2) is 46.6 Å². The summed E-state index contributed by atoms with van der Waals surface area (Å²) in [6, 6.07) is 10.3. The molecule has 0 unspecified atom stereocenters. The van der Waals surface area contributed by atoms with Crippen LogP contribution in [0.1, 0.15) is 31.1 Å². The molecule has 0 bridgehead atoms. The number of benzene rings is 2. The molecule has 0 saturated heterocycles. The molecule has 2 aromatic rings. The first-order valence-electron chi connectivity index (χ1n) is 9.26. The molecule has 0 spiro atoms. The Hall–Kier alpha value is -2.78. The SMILES string of the molecule is COc1ccccc1N(C)S(=O)(=O)c1ccc(Cl)c(C(=O)OCC(=O)NC(C)(C)C)c1. The molecule has 0 atom stereocenters. The minimum atomic E-state index is -4.05. The van der Waals surface area contributed by atoms with Crippen LogP contribution in [0.4, 0.5) is 5.69 Å². The van der Waals surface area contributed by atoms with Gasteiger partial charge in [0.2, 0.25) is 0 Å². The summed E-state index contributed by atoms with van der Waals surface area (Å²) in [6.45, 7) is 4.84. The second kappa shape index (κ2) is 9.57. The van der Waals surface area contributed by atoms with E-state index in [9.17, 15) is 18.0 Å². The van der Waals surface area contributed by atoms with Gasteiger partial charge in [-0.25, -0.2) is 13.2 Å². The van der Waals surface area contributed by atoms with Crippen LogP contribution in [0.5, 0.6) is 5.75 Å². The van der Waals surface area contributed by atoms with Crippen molar-refractivity contribution < 1.29 is 27.5 Å². The largest absolute Gasteiger partial charge is 0.495 e. The normalized spacial score (nSPS) is 11.5. The molecule has 2 rings (SSSR count). The third-order valence-electron chi connectivity index (χ3n) is 4.09. The van der Waals surface area contributed by atoms with E-state index >= 15 is 0 Å². The molecule has 31 heavy (non-hydrogen) atoms. The van der Waals surface area contributed by atoms with Gasteiger partial charge in [-0.3, -0.25) is 9.10 Å². The van der Waals surface area contributed by atoms with Crippen molar-refractivity contribution in [3.05, 3.63) is 53.1 Å². The standard InChI is InChI=1S/C21H25ClN2O6S/c1-21(2,3)23-19(25)13-30-20(26)15-12-14(10-11-16(15)22)31(27,28)24(4)17-8-6-7-9-18(17)29-5/h6-12H,13H2,1-5H3,(H,23,25). The Labute approximate surface area is 187 Å². The predicted molar refractivity (Wildman–Crippen MR) is 118 cm³/mol. The molecule has 10 heteroatoms. The van der Waals surface area contributed by atoms with Gasteiger partial charge in [0.15, 0.2) is 6.61 Å². The molecule has 168 valence electrons. The number of hydrogen-bond donors (Lipinski definition) is 1. The fraction of sp³-hybridized carbons (Fsp3) is 0.333. The van der Waals surface area contributed by atoms with E-state index in [4.69, 9.17) is 21.1 Å². The lowest BCUT2D eigenvalue weighted by Crippen LogP contribution is -2.42. The molecule has 1 amide bonds. The topological polar surface area (TPSA) is 102 Å². The Morgan fingerprint density at radius 3 is 2.39 bits per heavy atom. The van der Waals surface area contributed by atoms with Crippen molar-refractivity contribution in [1.82, 2.24) is 5.32 Å². The Morgan fingerprint density at radius 1 is 1.13 bits per heavy atom. The zero-order valence-electron chi connectivity index (χ0n) is 17.9. The van der Waals surface area contributed by atoms with Gasteiger partial charge in [0.05, 0.1) is 28.3 Å². The van der Waals surface area contributed by atoms with Gasteiger partial charge in [0.25, 0.3) is 15.9 Å². The van der Waals surface area contributed by atoms with Crippen molar-refractivity contribution in [2.24, 2.45) is 0 Å². The monoisotopic (exact) mass is 468 g/mol. The summed E-state index contributed by atoms with van der Waals surface area (Å²) in [4.78, 5) is 24.1. The summed E-state index contributed by atoms with van der Waals surface area (Å²) < 4.78 is 37.5. The van der Waals surface area contributed by atoms with Gasteiger partial charge in [0.1, 0.15) is 5.75 Å². The number of esters is 1. The maximum Gasteiger partial charge on any atom is 0.340 e. The van der Waals surface area contributed by atoms with Crippen LogP contribution in [0.15, 0.2) is 47.4 Å². The number of ether oxygens (including phenoxy) is 2. The molecule has 1 N–H and O–H groups in total. The molecule has 0 aromatic heterocycles. The zero-order valence-corrected chi connectivity index (χ0v) is 19.5. The highest BCUT2D eigenvalue weighted by molar-refractivity contribution is 7.92. The van der Waals surface area contributed by atoms with E-state index in [1.807, 2.05) is 0 Å². The van der Waals surface area contributed by atoms with E-state index in [0.29, 0.717) is 11.4 Å². The number of amides is 1. The van der Waals surface area contributed by atoms with Crippen LogP contribution in [0.25, 0.3) is 0 Å². The van der Waals surface area contributed by atoms with Gasteiger partial charge in [-0.15, -0.1) is 0 Å². The first kappa shape index (κ1) is 24.5. The number of anilines is 1. The maximum atomic E-state index is 13.1. The number of hydrogen-bond acceptors (Lipinski definition) is 6. The first-order valence-corrected chi connectivity index (χ1v) is 11.1. The van der Waals surface area contributed by atoms with E-state index in [-0.39, 0.29) is 15.5 Å². The van der Waals surface area contributed by atoms with E-state index in [1.165, 1.54) is 26.3 Å². The van der Waals surface area contributed by atoms with Crippen LogP contribution < -0.4 is 14.4 Å². The second-order valence-corrected chi connectivity index (χ2v) is 10.0. The third kappa shape index (κ3) is 6.11. The average molecular weight is 469 g/mol. The van der Waals surface area contributed by atoms with Crippen LogP contribution in [0, 0.1) is 0 Å². The quantitative estimate of drug-likeness (QED) is 0.626. The lowest BCUT2D eigenvalue weighted by atomic mass is 10.1. The molecule has 0 aliphatic carbocycles. The minimum Gasteiger partial charge on any atom is -0.495 e. The number of methoxy groups -OCH3 is 1. The van der Waals surface area contributed by atoms with Crippen molar-refractivity contribution in [2.75, 3.05) is 25.1 Å². The summed E-state index contributed by atoms with van der Waals surface area (Å²) in [5, 5.41) is 2.66. The molecular formula is C21H25ClN2O6S. The van der Waals surface area contributed by atoms with Gasteiger partial charge in [-0.2, -0.15) is 0 Å². The molecule has 0 aliphatic heterocycles. The number of nitrogens with one attached hydrogen (secondary N) is 1. The first-order chi connectivity index (χ1) is 14.4. The average Bonchev–Trinajstić information content (AvgIpc) is 2.70. The highest BCUT2D eigenvalue weighted by Crippen LogP contribution is 2.32. The molecule has 0 heterocycles. The van der Waals surface area contributed by atoms with Crippen molar-refractivity contribution in [3.63, 3.8) is 0 Å². The van der Waals surface area contributed by atoms with Crippen molar-refractivity contribution in [1.29, 1.82) is 0 Å². The van der Waals surface area contributed by atoms with E-state index in [1.54, 1.807) is 45.0 Å². The number of halogens is 1. The summed E-state index contributed by atoms with van der Waals surface area (Å²) >= 11 is 6.08. The van der Waals surface area contributed by atoms with E-state index in [2.05, 4.69) is 5.32 Å². The summed E-state index contributed by atoms with van der Waals surface area (Å²) in [7, 11) is -1.24. The molecule has 8 nitrogen and oxygen atoms in total. The Kier molecular flexibility index (Phi) is 7.56. The summed E-state index contributed by atoms with van der Waals surface area (Å²) in [6.07, 6.45) is 0. The van der Waals surface area contributed by atoms with Crippen LogP contribution in [-0.2, 0) is 19.6 Å². The zero-order chi connectivity index (χ0) is 23.4. The summed E-state index contributed by atoms with van der Waals surface area (Å²) in [5.41, 5.74) is -0.333. The van der Waals surface area contributed by atoms with Gasteiger partial charge in [0, 0.05) is 12.6 Å². The molecule has 0 aliphatic rings. The Bertz CT molecular complexity index is 1080. The number of carbonyl (C=O) groups excluding carboxylic acids is 2. The molecule has 0 fully saturated rings. The Balaban J connectivity index is 2.28. The fourth-order valence-electron chi connectivity index (χ4n) is 2.66. The highest BCUT2D eigenvalue weighted by atomic mass is 35.5. The van der Waals surface area contributed by atoms with Crippen LogP contribution in [0.2, 0.25) is 5.02 Å². The van der Waals surface area contributed by atoms with Crippen LogP contribution >= 0.6 is 11.6 Å². The van der Waals surface area contributed by atoms with Gasteiger partial charge >= 0.3 is 5.97 Å². The molecule has 0 saturated carbocycles. The summed E-state index contributed by atoms with van der Waals surface area (Å²) in [5.74, 6) is -1.03. The smallest absolute Gasteiger partial charge is 0.340 e. The number of rotatable bonds is 7. The second-order valence-electron chi connectivity index (χ2n) is 7.66. The van der Waals surface area contributed by atoms with E-state index < -0.39 is 34.0 Å². The van der Waals surface area contributed by atoms with Crippen molar-refractivity contribution in [3.8, 4) is 5.75 Å². The van der Waals surface area contributed by atoms with Crippen molar-refractivity contribution >= 4 is 39.2 Å². The van der Waals surface area contributed by atoms with Crippen molar-refractivity contribution in [2.45, 2.75) is 31.2 Å². The highest BCUT2D eigenvalue weighted by Gasteiger charge is 2.26. The molecule has 2 aromatic carbocycles. The number of nitrogens with zero attached hydrogens (tertiary/aromatic N) is 1. The maximum absolute atomic E-state index is 13.1. The molecule has 0 radical (unpaired) electrons. The lowest BCUT2D eigenvalue weighted by molar-refractivity contribution is -0.125. The van der Waals surface area contributed by atoms with Gasteiger partial charge < -0.3 is 14.8 Å². The number of para-hydroxylation sites is 2. The van der Waals surface area contributed by atoms with Gasteiger partial charge in [-0.05, 0) is 51.1 Å². The predicted octanol–water partition coefficient (Wildman–Crippen LogP) is 3.25. The Morgan fingerprint density at radius 2 is 1.77 bits per heavy atom. The third-order valence-corrected chi connectivity index (χ3v) is 6.19.